The molecule has 11 heteroatoms. The number of alkyl halides is 3. The van der Waals surface area contributed by atoms with Gasteiger partial charge in [-0.2, -0.15) is 13.2 Å². The third kappa shape index (κ3) is 8.79. The summed E-state index contributed by atoms with van der Waals surface area (Å²) in [5, 5.41) is 4.54. The normalized spacial score (nSPS) is 11.7. The third-order valence-corrected chi connectivity index (χ3v) is 5.82. The summed E-state index contributed by atoms with van der Waals surface area (Å²) < 4.78 is 52.7. The van der Waals surface area contributed by atoms with Crippen LogP contribution in [0.2, 0.25) is 0 Å². The van der Waals surface area contributed by atoms with Crippen molar-refractivity contribution in [3.63, 3.8) is 0 Å². The first kappa shape index (κ1) is 32.1. The van der Waals surface area contributed by atoms with Crippen LogP contribution in [-0.2, 0) is 15.7 Å². The molecule has 2 amide bonds. The highest BCUT2D eigenvalue weighted by Crippen LogP contribution is 2.43. The number of rotatable bonds is 9. The number of carbonyl (C=O) groups is 3. The molecule has 0 aliphatic heterocycles. The molecule has 0 atom stereocenters. The standard InChI is InChI=1S/C31H34F3N3O5/c1-7-41-26-16-22(36-29(40)42-30(4,5)6)15-24(28(26)31(32,33)34)37-27(39)17-25(38)21-10-8-9-19(13-21)20-11-12-35-23(14-20)18(2)3/h8-16,18H,7,17H2,1-6H3,(H,36,40)(H,37,39). The lowest BCUT2D eigenvalue weighted by atomic mass is 9.98. The van der Waals surface area contributed by atoms with E-state index < -0.39 is 53.0 Å². The fourth-order valence-corrected chi connectivity index (χ4v) is 4.03. The number of Topliss-reactive ketones (excluding diaryl/α,β-unsaturated/α-hetero) is 1. The van der Waals surface area contributed by atoms with E-state index in [-0.39, 0.29) is 23.8 Å². The van der Waals surface area contributed by atoms with Crippen LogP contribution in [0.1, 0.15) is 75.5 Å². The number of pyridine rings is 1. The monoisotopic (exact) mass is 585 g/mol. The molecular formula is C31H34F3N3O5. The molecule has 3 rings (SSSR count). The number of hydrogen-bond acceptors (Lipinski definition) is 6. The van der Waals surface area contributed by atoms with Gasteiger partial charge in [-0.3, -0.25) is 19.9 Å². The van der Waals surface area contributed by atoms with E-state index in [1.165, 1.54) is 13.0 Å². The maximum absolute atomic E-state index is 14.1. The number of hydrogen-bond donors (Lipinski definition) is 2. The number of amides is 2. The van der Waals surface area contributed by atoms with Crippen LogP contribution in [0.25, 0.3) is 11.1 Å². The Morgan fingerprint density at radius 1 is 0.952 bits per heavy atom. The van der Waals surface area contributed by atoms with E-state index in [4.69, 9.17) is 9.47 Å². The summed E-state index contributed by atoms with van der Waals surface area (Å²) in [6.07, 6.45) is -4.88. The molecule has 0 aliphatic rings. The van der Waals surface area contributed by atoms with Gasteiger partial charge in [0.2, 0.25) is 5.91 Å². The molecule has 42 heavy (non-hydrogen) atoms. The zero-order valence-electron chi connectivity index (χ0n) is 24.3. The highest BCUT2D eigenvalue weighted by Gasteiger charge is 2.38. The topological polar surface area (TPSA) is 107 Å². The Morgan fingerprint density at radius 3 is 2.26 bits per heavy atom. The van der Waals surface area contributed by atoms with E-state index in [0.29, 0.717) is 0 Å². The van der Waals surface area contributed by atoms with Crippen molar-refractivity contribution >= 4 is 29.2 Å². The SMILES string of the molecule is CCOc1cc(NC(=O)OC(C)(C)C)cc(NC(=O)CC(=O)c2cccc(-c3ccnc(C(C)C)c3)c2)c1C(F)(F)F. The van der Waals surface area contributed by atoms with Crippen LogP contribution in [0.5, 0.6) is 5.75 Å². The van der Waals surface area contributed by atoms with Crippen molar-refractivity contribution in [1.29, 1.82) is 0 Å². The van der Waals surface area contributed by atoms with Gasteiger partial charge in [-0.25, -0.2) is 4.79 Å². The number of aromatic nitrogens is 1. The maximum Gasteiger partial charge on any atom is 0.421 e. The number of halogens is 3. The van der Waals surface area contributed by atoms with Crippen molar-refractivity contribution in [1.82, 2.24) is 4.98 Å². The average Bonchev–Trinajstić information content (AvgIpc) is 2.87. The van der Waals surface area contributed by atoms with E-state index in [0.717, 1.165) is 29.0 Å². The van der Waals surface area contributed by atoms with Crippen LogP contribution < -0.4 is 15.4 Å². The van der Waals surface area contributed by atoms with Gasteiger partial charge in [0.1, 0.15) is 16.9 Å². The Labute approximate surface area is 242 Å². The fourth-order valence-electron chi connectivity index (χ4n) is 4.03. The van der Waals surface area contributed by atoms with Crippen molar-refractivity contribution in [3.05, 3.63) is 71.5 Å². The van der Waals surface area contributed by atoms with Gasteiger partial charge >= 0.3 is 12.3 Å². The van der Waals surface area contributed by atoms with Crippen LogP contribution in [-0.4, -0.2) is 35.0 Å². The highest BCUT2D eigenvalue weighted by atomic mass is 19.4. The number of carbonyl (C=O) groups excluding carboxylic acids is 3. The Bertz CT molecular complexity index is 1460. The number of ether oxygens (including phenoxy) is 2. The molecule has 0 spiro atoms. The predicted molar refractivity (Wildman–Crippen MR) is 154 cm³/mol. The third-order valence-electron chi connectivity index (χ3n) is 5.82. The van der Waals surface area contributed by atoms with E-state index >= 15 is 0 Å². The second-order valence-corrected chi connectivity index (χ2v) is 10.8. The number of benzene rings is 2. The van der Waals surface area contributed by atoms with Crippen molar-refractivity contribution in [2.24, 2.45) is 0 Å². The summed E-state index contributed by atoms with van der Waals surface area (Å²) in [5.74, 6) is -1.97. The number of nitrogens with zero attached hydrogens (tertiary/aromatic N) is 1. The largest absolute Gasteiger partial charge is 0.493 e. The lowest BCUT2D eigenvalue weighted by Gasteiger charge is -2.22. The van der Waals surface area contributed by atoms with Gasteiger partial charge in [0.15, 0.2) is 5.78 Å². The highest BCUT2D eigenvalue weighted by molar-refractivity contribution is 6.11. The molecule has 0 aliphatic carbocycles. The summed E-state index contributed by atoms with van der Waals surface area (Å²) in [5.41, 5.74) is -0.233. The molecule has 2 aromatic carbocycles. The number of anilines is 2. The second kappa shape index (κ2) is 13.1. The van der Waals surface area contributed by atoms with E-state index in [9.17, 15) is 27.6 Å². The van der Waals surface area contributed by atoms with Gasteiger partial charge in [0.05, 0.1) is 18.7 Å². The van der Waals surface area contributed by atoms with Crippen molar-refractivity contribution in [2.45, 2.75) is 65.7 Å². The molecule has 224 valence electrons. The minimum absolute atomic E-state index is 0.104. The second-order valence-electron chi connectivity index (χ2n) is 10.8. The molecule has 1 aromatic heterocycles. The summed E-state index contributed by atoms with van der Waals surface area (Å²) in [4.78, 5) is 42.5. The smallest absolute Gasteiger partial charge is 0.421 e. The Kier molecular flexibility index (Phi) is 9.98. The minimum atomic E-state index is -4.92. The summed E-state index contributed by atoms with van der Waals surface area (Å²) in [6, 6.07) is 12.3. The van der Waals surface area contributed by atoms with Gasteiger partial charge in [-0.05, 0) is 69.0 Å². The van der Waals surface area contributed by atoms with Crippen molar-refractivity contribution in [3.8, 4) is 16.9 Å². The molecule has 1 heterocycles. The first-order valence-electron chi connectivity index (χ1n) is 13.3. The average molecular weight is 586 g/mol. The zero-order valence-corrected chi connectivity index (χ0v) is 24.3. The molecule has 0 saturated carbocycles. The summed E-state index contributed by atoms with van der Waals surface area (Å²) in [7, 11) is 0. The van der Waals surface area contributed by atoms with E-state index in [1.54, 1.807) is 45.2 Å². The molecule has 0 radical (unpaired) electrons. The lowest BCUT2D eigenvalue weighted by molar-refractivity contribution is -0.138. The molecule has 3 aromatic rings. The lowest BCUT2D eigenvalue weighted by Crippen LogP contribution is -2.27. The molecule has 0 bridgehead atoms. The zero-order chi connectivity index (χ0) is 31.2. The fraction of sp³-hybridized carbons (Fsp3) is 0.355. The maximum atomic E-state index is 14.1. The van der Waals surface area contributed by atoms with Gasteiger partial charge in [0, 0.05) is 29.2 Å². The Morgan fingerprint density at radius 2 is 1.64 bits per heavy atom. The molecule has 0 saturated heterocycles. The van der Waals surface area contributed by atoms with Crippen LogP contribution in [0, 0.1) is 0 Å². The van der Waals surface area contributed by atoms with Crippen LogP contribution >= 0.6 is 0 Å². The van der Waals surface area contributed by atoms with Crippen LogP contribution in [0.3, 0.4) is 0 Å². The summed E-state index contributed by atoms with van der Waals surface area (Å²) in [6.45, 7) is 10.3. The van der Waals surface area contributed by atoms with Crippen molar-refractivity contribution < 1.29 is 37.0 Å². The van der Waals surface area contributed by atoms with Gasteiger partial charge < -0.3 is 14.8 Å². The van der Waals surface area contributed by atoms with E-state index in [2.05, 4.69) is 15.6 Å². The number of ketones is 1. The molecule has 0 unspecified atom stereocenters. The Hall–Kier alpha value is -4.41. The molecule has 0 fully saturated rings. The van der Waals surface area contributed by atoms with Crippen LogP contribution in [0.15, 0.2) is 54.7 Å². The van der Waals surface area contributed by atoms with E-state index in [1.807, 2.05) is 26.0 Å². The molecule has 2 N–H and O–H groups in total. The number of nitrogens with one attached hydrogen (secondary N) is 2. The molecular weight excluding hydrogens is 551 g/mol. The van der Waals surface area contributed by atoms with Gasteiger partial charge in [0.25, 0.3) is 0 Å². The minimum Gasteiger partial charge on any atom is -0.493 e. The van der Waals surface area contributed by atoms with Crippen molar-refractivity contribution in [2.75, 3.05) is 17.2 Å². The first-order valence-corrected chi connectivity index (χ1v) is 13.3. The summed E-state index contributed by atoms with van der Waals surface area (Å²) >= 11 is 0. The first-order chi connectivity index (χ1) is 19.6. The van der Waals surface area contributed by atoms with Crippen LogP contribution in [0.4, 0.5) is 29.3 Å². The van der Waals surface area contributed by atoms with Gasteiger partial charge in [-0.15, -0.1) is 0 Å². The van der Waals surface area contributed by atoms with Gasteiger partial charge in [-0.1, -0.05) is 32.0 Å². The quantitative estimate of drug-likeness (QED) is 0.196. The predicted octanol–water partition coefficient (Wildman–Crippen LogP) is 7.85. The Balaban J connectivity index is 1.88. The molecule has 8 nitrogen and oxygen atoms in total.